The molecule has 0 saturated carbocycles. The highest BCUT2D eigenvalue weighted by atomic mass is 35.6. The van der Waals surface area contributed by atoms with Gasteiger partial charge in [0.05, 0.1) is 0 Å². The average Bonchev–Trinajstić information content (AvgIpc) is 2.66. The minimum Gasteiger partial charge on any atom is -0.295 e. The monoisotopic (exact) mass is 327 g/mol. The predicted octanol–water partition coefficient (Wildman–Crippen LogP) is 4.83. The topological polar surface area (TPSA) is 18.8 Å². The zero-order valence-electron chi connectivity index (χ0n) is 12.0. The summed E-state index contributed by atoms with van der Waals surface area (Å²) in [4.78, 5) is 1.72. The second-order valence-corrected chi connectivity index (χ2v) is 7.66. The van der Waals surface area contributed by atoms with Crippen molar-refractivity contribution in [3.63, 3.8) is 0 Å². The fraction of sp³-hybridized carbons (Fsp3) is 0.923. The van der Waals surface area contributed by atoms with Gasteiger partial charge < -0.3 is 0 Å². The highest BCUT2D eigenvalue weighted by molar-refractivity contribution is 6.67. The Hall–Kier alpha value is 0.140. The Labute approximate surface area is 131 Å². The molecule has 0 N–H and O–H groups in total. The van der Waals surface area contributed by atoms with Gasteiger partial charge in [-0.3, -0.25) is 9.91 Å². The van der Waals surface area contributed by atoms with Crippen LogP contribution in [-0.2, 0) is 0 Å². The van der Waals surface area contributed by atoms with E-state index in [1.807, 2.05) is 0 Å². The third kappa shape index (κ3) is 5.57. The number of alkyl halides is 3. The number of halogens is 3. The Bertz CT molecular complexity index is 289. The number of hydrogen-bond donors (Lipinski definition) is 0. The van der Waals surface area contributed by atoms with E-state index < -0.39 is 3.92 Å². The van der Waals surface area contributed by atoms with Crippen molar-refractivity contribution in [1.82, 2.24) is 9.91 Å². The molecule has 1 aliphatic rings. The lowest BCUT2D eigenvalue weighted by molar-refractivity contribution is 0.106. The van der Waals surface area contributed by atoms with Crippen molar-refractivity contribution in [2.45, 2.75) is 63.0 Å². The van der Waals surface area contributed by atoms with Crippen LogP contribution in [-0.4, -0.2) is 32.9 Å². The van der Waals surface area contributed by atoms with E-state index in [0.717, 1.165) is 19.4 Å². The van der Waals surface area contributed by atoms with E-state index in [1.54, 1.807) is 11.2 Å². The van der Waals surface area contributed by atoms with Crippen molar-refractivity contribution in [2.24, 2.45) is 11.0 Å². The minimum atomic E-state index is -1.43. The van der Waals surface area contributed by atoms with Crippen LogP contribution in [0.15, 0.2) is 5.10 Å². The third-order valence-corrected chi connectivity index (χ3v) is 3.79. The Kier molecular flexibility index (Phi) is 7.06. The van der Waals surface area contributed by atoms with E-state index in [0.29, 0.717) is 5.92 Å². The largest absolute Gasteiger partial charge is 0.295 e. The van der Waals surface area contributed by atoms with E-state index in [2.05, 4.69) is 30.9 Å². The first kappa shape index (κ1) is 17.2. The van der Waals surface area contributed by atoms with Gasteiger partial charge in [-0.05, 0) is 18.8 Å². The number of rotatable bonds is 7. The summed E-state index contributed by atoms with van der Waals surface area (Å²) in [7, 11) is 0. The molecular weight excluding hydrogens is 305 g/mol. The molecule has 0 aromatic carbocycles. The fourth-order valence-corrected chi connectivity index (χ4v) is 2.69. The standard InChI is InChI=1S/C13H24Cl3N3/c1-4-5-6-7-8-19-12(9-11(2)3)18(10-17-19)13(14,15)16/h10-12H,4-9H2,1-3H3. The summed E-state index contributed by atoms with van der Waals surface area (Å²) in [6.45, 7) is 7.47. The van der Waals surface area contributed by atoms with Gasteiger partial charge in [0.15, 0.2) is 0 Å². The normalized spacial score (nSPS) is 19.8. The van der Waals surface area contributed by atoms with Crippen LogP contribution >= 0.6 is 34.8 Å². The molecule has 0 radical (unpaired) electrons. The molecule has 1 aliphatic heterocycles. The van der Waals surface area contributed by atoms with E-state index in [9.17, 15) is 0 Å². The molecule has 6 heteroatoms. The van der Waals surface area contributed by atoms with Crippen LogP contribution in [0.1, 0.15) is 52.9 Å². The zero-order valence-corrected chi connectivity index (χ0v) is 14.2. The van der Waals surface area contributed by atoms with Crippen molar-refractivity contribution in [2.75, 3.05) is 6.54 Å². The molecule has 0 bridgehead atoms. The Morgan fingerprint density at radius 1 is 1.21 bits per heavy atom. The van der Waals surface area contributed by atoms with Gasteiger partial charge in [-0.15, -0.1) is 0 Å². The number of hydrazone groups is 1. The summed E-state index contributed by atoms with van der Waals surface area (Å²) in [5, 5.41) is 6.45. The summed E-state index contributed by atoms with van der Waals surface area (Å²) in [5.41, 5.74) is 0. The van der Waals surface area contributed by atoms with Crippen molar-refractivity contribution < 1.29 is 0 Å². The highest BCUT2D eigenvalue weighted by Crippen LogP contribution is 2.36. The van der Waals surface area contributed by atoms with Gasteiger partial charge in [-0.25, -0.2) is 0 Å². The average molecular weight is 329 g/mol. The smallest absolute Gasteiger partial charge is 0.270 e. The maximum absolute atomic E-state index is 6.01. The van der Waals surface area contributed by atoms with Gasteiger partial charge in [0, 0.05) is 6.54 Å². The van der Waals surface area contributed by atoms with Gasteiger partial charge >= 0.3 is 0 Å². The lowest BCUT2D eigenvalue weighted by Crippen LogP contribution is -2.46. The Morgan fingerprint density at radius 3 is 2.42 bits per heavy atom. The fourth-order valence-electron chi connectivity index (χ4n) is 2.22. The van der Waals surface area contributed by atoms with Crippen molar-refractivity contribution in [1.29, 1.82) is 0 Å². The van der Waals surface area contributed by atoms with Crippen LogP contribution in [0.2, 0.25) is 0 Å². The highest BCUT2D eigenvalue weighted by Gasteiger charge is 2.39. The Morgan fingerprint density at radius 2 is 1.89 bits per heavy atom. The molecule has 1 rings (SSSR count). The van der Waals surface area contributed by atoms with Crippen LogP contribution in [0, 0.1) is 5.92 Å². The third-order valence-electron chi connectivity index (χ3n) is 3.21. The van der Waals surface area contributed by atoms with E-state index >= 15 is 0 Å². The van der Waals surface area contributed by atoms with Gasteiger partial charge in [0.2, 0.25) is 0 Å². The maximum Gasteiger partial charge on any atom is 0.270 e. The summed E-state index contributed by atoms with van der Waals surface area (Å²) >= 11 is 18.0. The van der Waals surface area contributed by atoms with Gasteiger partial charge in [-0.1, -0.05) is 74.8 Å². The van der Waals surface area contributed by atoms with Crippen LogP contribution in [0.4, 0.5) is 0 Å². The van der Waals surface area contributed by atoms with Crippen LogP contribution in [0.5, 0.6) is 0 Å². The SMILES string of the molecule is CCCCCCN1N=CN(C(Cl)(Cl)Cl)C1CC(C)C. The first-order valence-corrected chi connectivity index (χ1v) is 8.15. The zero-order chi connectivity index (χ0) is 14.5. The molecule has 19 heavy (non-hydrogen) atoms. The van der Waals surface area contributed by atoms with Gasteiger partial charge in [0.1, 0.15) is 12.5 Å². The lowest BCUT2D eigenvalue weighted by Gasteiger charge is -2.35. The second-order valence-electron chi connectivity index (χ2n) is 5.44. The molecule has 0 saturated heterocycles. The molecular formula is C13H24Cl3N3. The summed E-state index contributed by atoms with van der Waals surface area (Å²) in [6.07, 6.45) is 7.49. The summed E-state index contributed by atoms with van der Waals surface area (Å²) < 4.78 is -1.43. The van der Waals surface area contributed by atoms with Gasteiger partial charge in [-0.2, -0.15) is 5.10 Å². The number of nitrogens with zero attached hydrogens (tertiary/aromatic N) is 3. The van der Waals surface area contributed by atoms with Gasteiger partial charge in [0.25, 0.3) is 3.92 Å². The lowest BCUT2D eigenvalue weighted by atomic mass is 10.1. The molecule has 0 aliphatic carbocycles. The molecule has 0 aromatic rings. The van der Waals surface area contributed by atoms with Crippen LogP contribution < -0.4 is 0 Å². The molecule has 0 fully saturated rings. The molecule has 0 spiro atoms. The molecule has 1 heterocycles. The van der Waals surface area contributed by atoms with Crippen LogP contribution in [0.25, 0.3) is 0 Å². The molecule has 1 atom stereocenters. The van der Waals surface area contributed by atoms with Crippen LogP contribution in [0.3, 0.4) is 0 Å². The molecule has 112 valence electrons. The van der Waals surface area contributed by atoms with E-state index in [4.69, 9.17) is 34.8 Å². The van der Waals surface area contributed by atoms with Crippen molar-refractivity contribution >= 4 is 41.1 Å². The van der Waals surface area contributed by atoms with Crippen molar-refractivity contribution in [3.05, 3.63) is 0 Å². The van der Waals surface area contributed by atoms with Crippen molar-refractivity contribution in [3.8, 4) is 0 Å². The second kappa shape index (κ2) is 7.80. The Balaban J connectivity index is 2.57. The quantitative estimate of drug-likeness (QED) is 0.379. The van der Waals surface area contributed by atoms with E-state index in [-0.39, 0.29) is 6.17 Å². The minimum absolute atomic E-state index is 0.0501. The maximum atomic E-state index is 6.01. The summed E-state index contributed by atoms with van der Waals surface area (Å²) in [5.74, 6) is 0.527. The molecule has 0 amide bonds. The molecule has 0 aromatic heterocycles. The molecule has 1 unspecified atom stereocenters. The predicted molar refractivity (Wildman–Crippen MR) is 84.7 cm³/mol. The number of hydrogen-bond acceptors (Lipinski definition) is 3. The number of unbranched alkanes of at least 4 members (excludes halogenated alkanes) is 3. The molecule has 3 nitrogen and oxygen atoms in total. The first-order valence-electron chi connectivity index (χ1n) is 7.02. The van der Waals surface area contributed by atoms with E-state index in [1.165, 1.54) is 19.3 Å². The first-order chi connectivity index (χ1) is 8.86. The summed E-state index contributed by atoms with van der Waals surface area (Å²) in [6, 6.07) is 0.